The number of aromatic amines is 1. The van der Waals surface area contributed by atoms with Crippen molar-refractivity contribution in [1.82, 2.24) is 20.3 Å². The van der Waals surface area contributed by atoms with Crippen LogP contribution in [0.2, 0.25) is 0 Å². The Morgan fingerprint density at radius 3 is 2.62 bits per heavy atom. The summed E-state index contributed by atoms with van der Waals surface area (Å²) in [5.41, 5.74) is 0.917. The van der Waals surface area contributed by atoms with Crippen LogP contribution in [0, 0.1) is 11.8 Å². The second-order valence-corrected chi connectivity index (χ2v) is 12.7. The van der Waals surface area contributed by atoms with Gasteiger partial charge in [-0.1, -0.05) is 39.2 Å². The molecule has 3 amide bonds. The van der Waals surface area contributed by atoms with Gasteiger partial charge in [0, 0.05) is 22.4 Å². The lowest BCUT2D eigenvalue weighted by Gasteiger charge is -2.33. The lowest BCUT2D eigenvalue weighted by molar-refractivity contribution is -0.128. The second kappa shape index (κ2) is 13.3. The van der Waals surface area contributed by atoms with Gasteiger partial charge >= 0.3 is 0 Å². The van der Waals surface area contributed by atoms with Gasteiger partial charge in [0.05, 0.1) is 19.0 Å². The number of halogens is 1. The second-order valence-electron chi connectivity index (χ2n) is 11.4. The number of rotatable bonds is 12. The van der Waals surface area contributed by atoms with E-state index in [2.05, 4.69) is 20.3 Å². The molecule has 3 atom stereocenters. The normalized spacial score (nSPS) is 19.8. The fourth-order valence-electron chi connectivity index (χ4n) is 5.88. The van der Waals surface area contributed by atoms with E-state index >= 15 is 0 Å². The first-order valence-electron chi connectivity index (χ1n) is 14.0. The van der Waals surface area contributed by atoms with Crippen molar-refractivity contribution in [2.45, 2.75) is 82.0 Å². The van der Waals surface area contributed by atoms with Gasteiger partial charge in [-0.05, 0) is 68.2 Å². The molecule has 2 heterocycles. The number of methoxy groups -OCH3 is 1. The first-order chi connectivity index (χ1) is 19.1. The molecular weight excluding hydrogens is 552 g/mol. The van der Waals surface area contributed by atoms with Crippen LogP contribution in [0.4, 0.5) is 0 Å². The fourth-order valence-corrected chi connectivity index (χ4v) is 7.09. The summed E-state index contributed by atoms with van der Waals surface area (Å²) in [5, 5.41) is 6.19. The zero-order valence-electron chi connectivity index (χ0n) is 23.3. The van der Waals surface area contributed by atoms with E-state index in [0.29, 0.717) is 24.3 Å². The molecule has 1 saturated carbocycles. The molecule has 9 nitrogen and oxygen atoms in total. The molecule has 2 fully saturated rings. The van der Waals surface area contributed by atoms with E-state index in [1.54, 1.807) is 13.2 Å². The van der Waals surface area contributed by atoms with E-state index in [-0.39, 0.29) is 53.2 Å². The summed E-state index contributed by atoms with van der Waals surface area (Å²) in [7, 11) is 1.57. The van der Waals surface area contributed by atoms with Gasteiger partial charge in [-0.2, -0.15) is 0 Å². The van der Waals surface area contributed by atoms with Gasteiger partial charge < -0.3 is 20.4 Å². The summed E-state index contributed by atoms with van der Waals surface area (Å²) in [6.07, 6.45) is 6.60. The summed E-state index contributed by atoms with van der Waals surface area (Å²) in [4.78, 5) is 55.1. The number of benzene rings is 1. The minimum absolute atomic E-state index is 0.0566. The van der Waals surface area contributed by atoms with Crippen molar-refractivity contribution in [3.05, 3.63) is 30.0 Å². The van der Waals surface area contributed by atoms with Crippen LogP contribution in [0.3, 0.4) is 0 Å². The number of nitrogens with one attached hydrogen (secondary N) is 4. The third-order valence-electron chi connectivity index (χ3n) is 7.92. The van der Waals surface area contributed by atoms with Gasteiger partial charge in [0.15, 0.2) is 5.78 Å². The Morgan fingerprint density at radius 2 is 1.95 bits per heavy atom. The number of hydrogen-bond acceptors (Lipinski definition) is 6. The summed E-state index contributed by atoms with van der Waals surface area (Å²) in [5.74, 6) is -0.928. The van der Waals surface area contributed by atoms with E-state index in [4.69, 9.17) is 16.3 Å². The minimum Gasteiger partial charge on any atom is -0.496 e. The third kappa shape index (κ3) is 7.13. The summed E-state index contributed by atoms with van der Waals surface area (Å²) < 4.78 is 8.16. The number of alkyl halides is 1. The van der Waals surface area contributed by atoms with Crippen molar-refractivity contribution >= 4 is 58.0 Å². The van der Waals surface area contributed by atoms with Crippen molar-refractivity contribution in [2.75, 3.05) is 13.0 Å². The number of amides is 3. The number of aromatic nitrogens is 1. The number of fused-ring (bicyclic) bond motifs is 1. The smallest absolute Gasteiger partial charge is 0.277 e. The zero-order chi connectivity index (χ0) is 28.9. The Kier molecular flexibility index (Phi) is 10.1. The number of hydrogen-bond donors (Lipinski definition) is 4. The van der Waals surface area contributed by atoms with E-state index in [9.17, 15) is 19.2 Å². The van der Waals surface area contributed by atoms with Crippen LogP contribution in [-0.2, 0) is 14.4 Å². The highest BCUT2D eigenvalue weighted by Gasteiger charge is 2.45. The quantitative estimate of drug-likeness (QED) is 0.213. The van der Waals surface area contributed by atoms with E-state index in [1.165, 1.54) is 6.42 Å². The SMILES string of the molecule is COc1cccc2[nH]c(C(=O)NS[C@@H](CC(C)C)C(=O)NC(CC3CC4(CCCCC4)NC3=O)C(=O)CCl)cc12. The van der Waals surface area contributed by atoms with Crippen LogP contribution in [0.5, 0.6) is 5.75 Å². The van der Waals surface area contributed by atoms with Crippen LogP contribution >= 0.6 is 23.5 Å². The predicted molar refractivity (Wildman–Crippen MR) is 157 cm³/mol. The number of ether oxygens (including phenoxy) is 1. The monoisotopic (exact) mass is 590 g/mol. The summed E-state index contributed by atoms with van der Waals surface area (Å²) in [6, 6.07) is 6.35. The van der Waals surface area contributed by atoms with Crippen LogP contribution in [-0.4, -0.2) is 58.3 Å². The fraction of sp³-hybridized carbons (Fsp3) is 0.586. The Bertz CT molecular complexity index is 1240. The number of H-pyrrole nitrogens is 1. The lowest BCUT2D eigenvalue weighted by Crippen LogP contribution is -2.47. The van der Waals surface area contributed by atoms with Gasteiger partial charge in [0.1, 0.15) is 16.7 Å². The molecule has 40 heavy (non-hydrogen) atoms. The maximum atomic E-state index is 13.4. The van der Waals surface area contributed by atoms with E-state index in [1.807, 2.05) is 32.0 Å². The van der Waals surface area contributed by atoms with E-state index < -0.39 is 11.3 Å². The molecule has 1 aliphatic heterocycles. The lowest BCUT2D eigenvalue weighted by atomic mass is 9.78. The highest BCUT2D eigenvalue weighted by Crippen LogP contribution is 2.39. The van der Waals surface area contributed by atoms with Crippen molar-refractivity contribution in [2.24, 2.45) is 11.8 Å². The Balaban J connectivity index is 1.41. The maximum absolute atomic E-state index is 13.4. The molecular formula is C29H39ClN4O5S. The van der Waals surface area contributed by atoms with Gasteiger partial charge in [-0.25, -0.2) is 0 Å². The average Bonchev–Trinajstić information content (AvgIpc) is 3.50. The van der Waals surface area contributed by atoms with Crippen LogP contribution in [0.15, 0.2) is 24.3 Å². The minimum atomic E-state index is -0.869. The average molecular weight is 591 g/mol. The molecule has 2 unspecified atom stereocenters. The molecule has 2 aromatic rings. The first-order valence-corrected chi connectivity index (χ1v) is 15.4. The first kappa shape index (κ1) is 30.2. The standard InChI is InChI=1S/C29H39ClN4O5S/c1-17(2)12-25(40-34-27(37)22-14-19-20(31-22)8-7-9-24(19)39-3)28(38)32-21(23(35)16-30)13-18-15-29(33-26(18)36)10-5-4-6-11-29/h7-9,14,17-18,21,25,31H,4-6,10-13,15-16H2,1-3H3,(H,32,38)(H,33,36)(H,34,37)/t18?,21?,25-/m0/s1. The molecule has 1 spiro atoms. The molecule has 11 heteroatoms. The molecule has 2 aliphatic rings. The molecule has 1 saturated heterocycles. The van der Waals surface area contributed by atoms with E-state index in [0.717, 1.165) is 48.5 Å². The molecule has 1 aliphatic carbocycles. The van der Waals surface area contributed by atoms with Gasteiger partial charge in [-0.15, -0.1) is 11.6 Å². The van der Waals surface area contributed by atoms with Gasteiger partial charge in [-0.3, -0.25) is 23.9 Å². The van der Waals surface area contributed by atoms with Crippen molar-refractivity contribution in [1.29, 1.82) is 0 Å². The maximum Gasteiger partial charge on any atom is 0.277 e. The number of ketones is 1. The summed E-state index contributed by atoms with van der Waals surface area (Å²) >= 11 is 6.92. The summed E-state index contributed by atoms with van der Waals surface area (Å²) in [6.45, 7) is 3.97. The van der Waals surface area contributed by atoms with Crippen molar-refractivity contribution in [3.63, 3.8) is 0 Å². The highest BCUT2D eigenvalue weighted by atomic mass is 35.5. The Hall–Kier alpha value is -2.72. The largest absolute Gasteiger partial charge is 0.496 e. The van der Waals surface area contributed by atoms with Crippen LogP contribution < -0.4 is 20.1 Å². The molecule has 4 N–H and O–H groups in total. The van der Waals surface area contributed by atoms with Crippen molar-refractivity contribution < 1.29 is 23.9 Å². The number of carbonyl (C=O) groups is 4. The van der Waals surface area contributed by atoms with Gasteiger partial charge in [0.2, 0.25) is 11.8 Å². The topological polar surface area (TPSA) is 129 Å². The third-order valence-corrected chi connectivity index (χ3v) is 9.18. The Morgan fingerprint density at radius 1 is 1.20 bits per heavy atom. The Labute approximate surface area is 244 Å². The highest BCUT2D eigenvalue weighted by molar-refractivity contribution is 7.99. The molecule has 1 aromatic carbocycles. The number of carbonyl (C=O) groups excluding carboxylic acids is 4. The molecule has 0 bridgehead atoms. The van der Waals surface area contributed by atoms with Crippen molar-refractivity contribution in [3.8, 4) is 5.75 Å². The zero-order valence-corrected chi connectivity index (χ0v) is 24.9. The predicted octanol–water partition coefficient (Wildman–Crippen LogP) is 4.49. The number of Topliss-reactive ketones (excluding diaryl/α,β-unsaturated/α-hetero) is 1. The van der Waals surface area contributed by atoms with Crippen LogP contribution in [0.1, 0.15) is 75.7 Å². The van der Waals surface area contributed by atoms with Gasteiger partial charge in [0.25, 0.3) is 5.91 Å². The molecule has 218 valence electrons. The molecule has 4 rings (SSSR count). The van der Waals surface area contributed by atoms with Crippen LogP contribution in [0.25, 0.3) is 10.9 Å². The molecule has 1 aromatic heterocycles. The molecule has 0 radical (unpaired) electrons.